The van der Waals surface area contributed by atoms with Crippen molar-refractivity contribution in [3.05, 3.63) is 59.7 Å². The molecule has 0 radical (unpaired) electrons. The number of carboxylic acids is 1. The van der Waals surface area contributed by atoms with Crippen LogP contribution in [0.4, 0.5) is 0 Å². The first-order valence-corrected chi connectivity index (χ1v) is 5.91. The highest BCUT2D eigenvalue weighted by molar-refractivity contribution is 5.87. The molecule has 1 aliphatic rings. The smallest absolute Gasteiger partial charge is 0.335 e. The van der Waals surface area contributed by atoms with E-state index in [0.717, 1.165) is 5.56 Å². The molecule has 1 N–H and O–H groups in total. The van der Waals surface area contributed by atoms with Crippen LogP contribution in [0.3, 0.4) is 0 Å². The molecule has 2 rings (SSSR count). The first kappa shape index (κ1) is 13.1. The molecule has 0 aliphatic heterocycles. The van der Waals surface area contributed by atoms with Crippen LogP contribution >= 0.6 is 0 Å². The van der Waals surface area contributed by atoms with Crippen LogP contribution in [0.25, 0.3) is 0 Å². The Morgan fingerprint density at radius 3 is 2.37 bits per heavy atom. The van der Waals surface area contributed by atoms with E-state index in [0.29, 0.717) is 6.42 Å². The molecule has 0 heterocycles. The third-order valence-electron chi connectivity index (χ3n) is 2.98. The zero-order valence-electron chi connectivity index (χ0n) is 10.5. The Kier molecular flexibility index (Phi) is 3.51. The molecule has 0 aromatic heterocycles. The van der Waals surface area contributed by atoms with Crippen LogP contribution in [-0.4, -0.2) is 17.0 Å². The van der Waals surface area contributed by atoms with E-state index in [1.165, 1.54) is 19.1 Å². The first-order chi connectivity index (χ1) is 9.03. The molecule has 1 unspecified atom stereocenters. The fourth-order valence-electron chi connectivity index (χ4n) is 2.10. The van der Waals surface area contributed by atoms with Gasteiger partial charge in [-0.1, -0.05) is 30.4 Å². The van der Waals surface area contributed by atoms with E-state index in [1.807, 2.05) is 24.3 Å². The van der Waals surface area contributed by atoms with Gasteiger partial charge in [0.25, 0.3) is 0 Å². The van der Waals surface area contributed by atoms with Crippen molar-refractivity contribution in [2.75, 3.05) is 0 Å². The van der Waals surface area contributed by atoms with Crippen LogP contribution in [0.15, 0.2) is 48.6 Å². The number of hydrogen-bond acceptors (Lipinski definition) is 3. The van der Waals surface area contributed by atoms with Gasteiger partial charge in [-0.05, 0) is 23.8 Å². The van der Waals surface area contributed by atoms with E-state index in [4.69, 9.17) is 9.84 Å². The van der Waals surface area contributed by atoms with Gasteiger partial charge in [-0.25, -0.2) is 4.79 Å². The summed E-state index contributed by atoms with van der Waals surface area (Å²) in [7, 11) is 0. The molecule has 1 aromatic carbocycles. The quantitative estimate of drug-likeness (QED) is 0.846. The summed E-state index contributed by atoms with van der Waals surface area (Å²) < 4.78 is 5.44. The van der Waals surface area contributed by atoms with Crippen molar-refractivity contribution >= 4 is 11.9 Å². The summed E-state index contributed by atoms with van der Waals surface area (Å²) in [5.74, 6) is -1.35. The lowest BCUT2D eigenvalue weighted by Crippen LogP contribution is -2.30. The number of allylic oxidation sites excluding steroid dienone is 2. The summed E-state index contributed by atoms with van der Waals surface area (Å²) in [5.41, 5.74) is 0.128. The van der Waals surface area contributed by atoms with Crippen LogP contribution < -0.4 is 0 Å². The highest BCUT2D eigenvalue weighted by Crippen LogP contribution is 2.34. The number of hydrogen-bond donors (Lipinski definition) is 1. The summed E-state index contributed by atoms with van der Waals surface area (Å²) in [6.45, 7) is 1.36. The molecule has 1 atom stereocenters. The molecule has 0 bridgehead atoms. The number of aromatic carboxylic acids is 1. The molecule has 0 fully saturated rings. The lowest BCUT2D eigenvalue weighted by molar-refractivity contribution is -0.153. The van der Waals surface area contributed by atoms with Crippen molar-refractivity contribution < 1.29 is 19.4 Å². The van der Waals surface area contributed by atoms with Gasteiger partial charge in [-0.15, -0.1) is 0 Å². The lowest BCUT2D eigenvalue weighted by Gasteiger charge is -2.31. The van der Waals surface area contributed by atoms with Crippen molar-refractivity contribution in [3.63, 3.8) is 0 Å². The van der Waals surface area contributed by atoms with Crippen molar-refractivity contribution in [1.82, 2.24) is 0 Å². The summed E-state index contributed by atoms with van der Waals surface area (Å²) in [6.07, 6.45) is 7.96. The van der Waals surface area contributed by atoms with Crippen LogP contribution in [0, 0.1) is 0 Å². The lowest BCUT2D eigenvalue weighted by atomic mass is 9.86. The Bertz CT molecular complexity index is 554. The maximum absolute atomic E-state index is 11.3. The minimum absolute atomic E-state index is 0.206. The van der Waals surface area contributed by atoms with Gasteiger partial charge in [0.2, 0.25) is 0 Å². The molecule has 4 nitrogen and oxygen atoms in total. The normalized spacial score (nSPS) is 21.1. The van der Waals surface area contributed by atoms with E-state index in [2.05, 4.69) is 0 Å². The van der Waals surface area contributed by atoms with Crippen LogP contribution in [0.2, 0.25) is 0 Å². The maximum Gasteiger partial charge on any atom is 0.335 e. The van der Waals surface area contributed by atoms with E-state index in [1.54, 1.807) is 12.1 Å². The average molecular weight is 258 g/mol. The van der Waals surface area contributed by atoms with Crippen molar-refractivity contribution in [3.8, 4) is 0 Å². The molecule has 0 amide bonds. The molecular weight excluding hydrogens is 244 g/mol. The maximum atomic E-state index is 11.3. The molecular formula is C15H14O4. The second-order valence-electron chi connectivity index (χ2n) is 4.36. The molecule has 0 saturated heterocycles. The molecule has 4 heteroatoms. The molecule has 0 spiro atoms. The average Bonchev–Trinajstić information content (AvgIpc) is 2.39. The largest absolute Gasteiger partial charge is 0.478 e. The van der Waals surface area contributed by atoms with Gasteiger partial charge in [0, 0.05) is 13.3 Å². The van der Waals surface area contributed by atoms with Gasteiger partial charge in [0.15, 0.2) is 5.60 Å². The molecule has 98 valence electrons. The summed E-state index contributed by atoms with van der Waals surface area (Å²) in [5, 5.41) is 8.89. The fourth-order valence-corrected chi connectivity index (χ4v) is 2.10. The second kappa shape index (κ2) is 5.10. The Morgan fingerprint density at radius 2 is 1.89 bits per heavy atom. The standard InChI is InChI=1S/C15H14O4/c1-11(16)19-15(9-3-2-4-10-15)13-7-5-12(6-8-13)14(17)18/h2-9H,10H2,1H3,(H,17,18). The predicted octanol–water partition coefficient (Wildman–Crippen LogP) is 2.66. The number of carbonyl (C=O) groups is 2. The number of rotatable bonds is 3. The molecule has 1 aliphatic carbocycles. The van der Waals surface area contributed by atoms with Gasteiger partial charge >= 0.3 is 11.9 Å². The van der Waals surface area contributed by atoms with E-state index in [9.17, 15) is 9.59 Å². The van der Waals surface area contributed by atoms with Gasteiger partial charge in [0.05, 0.1) is 5.56 Å². The Balaban J connectivity index is 2.38. The zero-order valence-corrected chi connectivity index (χ0v) is 10.5. The highest BCUT2D eigenvalue weighted by atomic mass is 16.6. The van der Waals surface area contributed by atoms with E-state index in [-0.39, 0.29) is 11.5 Å². The Morgan fingerprint density at radius 1 is 1.21 bits per heavy atom. The van der Waals surface area contributed by atoms with Gasteiger partial charge in [0.1, 0.15) is 0 Å². The van der Waals surface area contributed by atoms with Crippen molar-refractivity contribution in [1.29, 1.82) is 0 Å². The monoisotopic (exact) mass is 258 g/mol. The SMILES string of the molecule is CC(=O)OC1(c2ccc(C(=O)O)cc2)C=CC=CC1. The number of esters is 1. The van der Waals surface area contributed by atoms with Gasteiger partial charge in [-0.2, -0.15) is 0 Å². The number of ether oxygens (including phenoxy) is 1. The van der Waals surface area contributed by atoms with Crippen molar-refractivity contribution in [2.45, 2.75) is 18.9 Å². The van der Waals surface area contributed by atoms with Crippen LogP contribution in [-0.2, 0) is 15.1 Å². The second-order valence-corrected chi connectivity index (χ2v) is 4.36. The summed E-state index contributed by atoms with van der Waals surface area (Å²) in [4.78, 5) is 22.1. The van der Waals surface area contributed by atoms with Crippen molar-refractivity contribution in [2.24, 2.45) is 0 Å². The topological polar surface area (TPSA) is 63.6 Å². The first-order valence-electron chi connectivity index (χ1n) is 5.91. The number of benzene rings is 1. The molecule has 19 heavy (non-hydrogen) atoms. The van der Waals surface area contributed by atoms with Gasteiger partial charge < -0.3 is 9.84 Å². The summed E-state index contributed by atoms with van der Waals surface area (Å²) >= 11 is 0. The third-order valence-corrected chi connectivity index (χ3v) is 2.98. The van der Waals surface area contributed by atoms with Crippen LogP contribution in [0.5, 0.6) is 0 Å². The third kappa shape index (κ3) is 2.73. The van der Waals surface area contributed by atoms with E-state index >= 15 is 0 Å². The predicted molar refractivity (Wildman–Crippen MR) is 69.7 cm³/mol. The van der Waals surface area contributed by atoms with Gasteiger partial charge in [-0.3, -0.25) is 4.79 Å². The minimum Gasteiger partial charge on any atom is -0.478 e. The van der Waals surface area contributed by atoms with E-state index < -0.39 is 11.6 Å². The Labute approximate surface area is 111 Å². The summed E-state index contributed by atoms with van der Waals surface area (Å²) in [6, 6.07) is 6.37. The fraction of sp³-hybridized carbons (Fsp3) is 0.200. The minimum atomic E-state index is -0.979. The number of carbonyl (C=O) groups excluding carboxylic acids is 1. The Hall–Kier alpha value is -2.36. The van der Waals surface area contributed by atoms with Crippen LogP contribution in [0.1, 0.15) is 29.3 Å². The number of carboxylic acid groups (broad SMARTS) is 1. The zero-order chi connectivity index (χ0) is 13.9. The molecule has 0 saturated carbocycles. The molecule has 1 aromatic rings. The highest BCUT2D eigenvalue weighted by Gasteiger charge is 2.32.